The van der Waals surface area contributed by atoms with Crippen molar-refractivity contribution in [3.8, 4) is 0 Å². The largest absolute Gasteiger partial charge is 0.501 e. The van der Waals surface area contributed by atoms with Gasteiger partial charge in [-0.25, -0.2) is 8.42 Å². The van der Waals surface area contributed by atoms with Crippen LogP contribution in [0.4, 0.5) is 24.5 Å². The molecule has 0 saturated heterocycles. The van der Waals surface area contributed by atoms with E-state index >= 15 is 0 Å². The van der Waals surface area contributed by atoms with E-state index in [-0.39, 0.29) is 22.6 Å². The summed E-state index contributed by atoms with van der Waals surface area (Å²) >= 11 is 0. The van der Waals surface area contributed by atoms with Crippen LogP contribution in [-0.4, -0.2) is 31.4 Å². The Bertz CT molecular complexity index is 871. The van der Waals surface area contributed by atoms with Crippen molar-refractivity contribution in [3.63, 3.8) is 0 Å². The minimum atomic E-state index is -5.66. The number of alkyl halides is 3. The van der Waals surface area contributed by atoms with Crippen LogP contribution in [0.25, 0.3) is 0 Å². The molecular weight excluding hydrogens is 399 g/mol. The lowest BCUT2D eigenvalue weighted by Crippen LogP contribution is -2.66. The number of hydrogen-bond acceptors (Lipinski definition) is 5. The van der Waals surface area contributed by atoms with E-state index in [0.717, 1.165) is 31.4 Å². The Morgan fingerprint density at radius 1 is 1.29 bits per heavy atom. The average molecular weight is 424 g/mol. The number of rotatable bonds is 5. The molecule has 0 aromatic heterocycles. The summed E-state index contributed by atoms with van der Waals surface area (Å²) in [4.78, 5) is 9.27. The van der Waals surface area contributed by atoms with Gasteiger partial charge in [-0.15, -0.1) is 0 Å². The van der Waals surface area contributed by atoms with Crippen LogP contribution in [0, 0.1) is 20.9 Å². The van der Waals surface area contributed by atoms with Crippen LogP contribution >= 0.6 is 0 Å². The summed E-state index contributed by atoms with van der Waals surface area (Å²) in [5, 5.41) is 14.3. The van der Waals surface area contributed by atoms with Crippen LogP contribution in [0.1, 0.15) is 40.0 Å². The third kappa shape index (κ3) is 4.75. The van der Waals surface area contributed by atoms with Gasteiger partial charge in [0.05, 0.1) is 15.9 Å². The zero-order valence-electron chi connectivity index (χ0n) is 16.0. The second-order valence-electron chi connectivity index (χ2n) is 8.66. The number of benzene rings is 1. The molecule has 1 aromatic carbocycles. The van der Waals surface area contributed by atoms with Crippen molar-refractivity contribution in [2.75, 3.05) is 11.9 Å². The summed E-state index contributed by atoms with van der Waals surface area (Å²) in [5.74, 6) is 0. The highest BCUT2D eigenvalue weighted by Crippen LogP contribution is 2.45. The Balaban J connectivity index is 2.31. The summed E-state index contributed by atoms with van der Waals surface area (Å²) in [5.41, 5.74) is -2.27. The van der Waals surface area contributed by atoms with Crippen molar-refractivity contribution in [2.24, 2.45) is 10.8 Å². The van der Waals surface area contributed by atoms with Gasteiger partial charge in [-0.2, -0.15) is 13.2 Å². The van der Waals surface area contributed by atoms with Crippen LogP contribution in [0.3, 0.4) is 0 Å². The van der Waals surface area contributed by atoms with Crippen LogP contribution in [0.5, 0.6) is 0 Å². The van der Waals surface area contributed by atoms with E-state index in [1.54, 1.807) is 0 Å². The maximum atomic E-state index is 12.7. The van der Waals surface area contributed by atoms with E-state index in [1.807, 2.05) is 6.92 Å². The molecule has 0 radical (unpaired) electrons. The van der Waals surface area contributed by atoms with Gasteiger partial charge < -0.3 is 11.1 Å². The zero-order chi connectivity index (χ0) is 21.5. The van der Waals surface area contributed by atoms with E-state index < -0.39 is 30.9 Å². The van der Waals surface area contributed by atoms with E-state index in [4.69, 9.17) is 0 Å². The van der Waals surface area contributed by atoms with Gasteiger partial charge in [0, 0.05) is 25.5 Å². The maximum absolute atomic E-state index is 12.7. The number of nitro benzene ring substituents is 1. The van der Waals surface area contributed by atoms with Crippen LogP contribution in [0.15, 0.2) is 23.1 Å². The lowest BCUT2D eigenvalue weighted by atomic mass is 9.63. The number of quaternary nitrogens is 1. The molecule has 1 saturated carbocycles. The minimum Gasteiger partial charge on any atom is -0.379 e. The quantitative estimate of drug-likeness (QED) is 0.556. The van der Waals surface area contributed by atoms with Crippen LogP contribution in [-0.2, 0) is 9.84 Å². The number of anilines is 1. The molecule has 0 amide bonds. The van der Waals surface area contributed by atoms with Crippen LogP contribution < -0.4 is 11.1 Å². The fourth-order valence-corrected chi connectivity index (χ4v) is 5.19. The lowest BCUT2D eigenvalue weighted by molar-refractivity contribution is -0.436. The summed E-state index contributed by atoms with van der Waals surface area (Å²) in [7, 11) is -5.66. The summed E-state index contributed by atoms with van der Waals surface area (Å²) in [6.07, 6.45) is 2.62. The SMILES string of the molecule is CC1(C)C[C@H]([NH3+])C[C@](C)(CNc2ccc(S(=O)(=O)C(F)(F)F)cc2[N+](=O)[O-])C1. The third-order valence-corrected chi connectivity index (χ3v) is 6.50. The first kappa shape index (κ1) is 22.4. The molecule has 2 rings (SSSR count). The molecule has 2 atom stereocenters. The Morgan fingerprint density at radius 2 is 1.89 bits per heavy atom. The third-order valence-electron chi connectivity index (χ3n) is 5.01. The Hall–Kier alpha value is -1.88. The molecule has 1 aliphatic carbocycles. The average Bonchev–Trinajstić information content (AvgIpc) is 2.49. The minimum absolute atomic E-state index is 0.0173. The first-order valence-electron chi connectivity index (χ1n) is 8.73. The van der Waals surface area contributed by atoms with Gasteiger partial charge in [0.1, 0.15) is 5.69 Å². The van der Waals surface area contributed by atoms with E-state index in [1.165, 1.54) is 0 Å². The van der Waals surface area contributed by atoms with E-state index in [2.05, 4.69) is 24.9 Å². The Labute approximate surface area is 161 Å². The Morgan fingerprint density at radius 3 is 2.39 bits per heavy atom. The lowest BCUT2D eigenvalue weighted by Gasteiger charge is -2.44. The molecule has 0 bridgehead atoms. The van der Waals surface area contributed by atoms with Crippen molar-refractivity contribution in [3.05, 3.63) is 28.3 Å². The summed E-state index contributed by atoms with van der Waals surface area (Å²) in [6, 6.07) is 2.41. The molecule has 11 heteroatoms. The molecule has 0 unspecified atom stereocenters. The standard InChI is InChI=1S/C17H24F3N3O4S/c1-15(2)7-11(21)8-16(3,9-15)10-22-13-5-4-12(6-14(13)23(24)25)28(26,27)17(18,19)20/h4-6,11,22H,7-10,21H2,1-3H3/p+1/t11-,16-/m0/s1. The topological polar surface area (TPSA) is 117 Å². The Kier molecular flexibility index (Phi) is 5.75. The van der Waals surface area contributed by atoms with Gasteiger partial charge in [-0.05, 0) is 29.4 Å². The van der Waals surface area contributed by atoms with Gasteiger partial charge >= 0.3 is 5.51 Å². The number of sulfone groups is 1. The molecule has 158 valence electrons. The van der Waals surface area contributed by atoms with Gasteiger partial charge in [-0.1, -0.05) is 20.8 Å². The number of hydrogen-bond donors (Lipinski definition) is 2. The van der Waals surface area contributed by atoms with Crippen molar-refractivity contribution in [1.82, 2.24) is 0 Å². The first-order chi connectivity index (χ1) is 12.6. The van der Waals surface area contributed by atoms with Crippen molar-refractivity contribution >= 4 is 21.2 Å². The first-order valence-corrected chi connectivity index (χ1v) is 10.2. The molecular formula is C17H25F3N3O4S+. The molecule has 0 aliphatic heterocycles. The van der Waals surface area contributed by atoms with E-state index in [0.29, 0.717) is 12.6 Å². The molecule has 0 spiro atoms. The maximum Gasteiger partial charge on any atom is 0.501 e. The van der Waals surface area contributed by atoms with Crippen LogP contribution in [0.2, 0.25) is 0 Å². The zero-order valence-corrected chi connectivity index (χ0v) is 16.8. The predicted molar refractivity (Wildman–Crippen MR) is 97.2 cm³/mol. The molecule has 4 N–H and O–H groups in total. The fourth-order valence-electron chi connectivity index (χ4n) is 4.41. The van der Waals surface area contributed by atoms with Gasteiger partial charge in [0.25, 0.3) is 15.5 Å². The molecule has 1 aliphatic rings. The number of nitrogens with zero attached hydrogens (tertiary/aromatic N) is 1. The number of halogens is 3. The van der Waals surface area contributed by atoms with Gasteiger partial charge in [-0.3, -0.25) is 10.1 Å². The molecule has 1 fully saturated rings. The molecule has 1 aromatic rings. The highest BCUT2D eigenvalue weighted by atomic mass is 32.2. The molecule has 28 heavy (non-hydrogen) atoms. The predicted octanol–water partition coefficient (Wildman–Crippen LogP) is 3.13. The fraction of sp³-hybridized carbons (Fsp3) is 0.647. The summed E-state index contributed by atoms with van der Waals surface area (Å²) < 4.78 is 61.2. The number of nitrogens with one attached hydrogen (secondary N) is 1. The van der Waals surface area contributed by atoms with Crippen molar-refractivity contribution in [2.45, 2.75) is 56.5 Å². The second kappa shape index (κ2) is 7.18. The summed E-state index contributed by atoms with van der Waals surface area (Å²) in [6.45, 7) is 6.64. The normalized spacial score (nSPS) is 25.3. The monoisotopic (exact) mass is 424 g/mol. The highest BCUT2D eigenvalue weighted by molar-refractivity contribution is 7.92. The second-order valence-corrected chi connectivity index (χ2v) is 10.6. The van der Waals surface area contributed by atoms with Gasteiger partial charge in [0.15, 0.2) is 0 Å². The number of nitro groups is 1. The smallest absolute Gasteiger partial charge is 0.379 e. The molecule has 0 heterocycles. The molecule has 7 nitrogen and oxygen atoms in total. The van der Waals surface area contributed by atoms with Crippen molar-refractivity contribution < 1.29 is 32.2 Å². The van der Waals surface area contributed by atoms with Crippen molar-refractivity contribution in [1.29, 1.82) is 0 Å². The van der Waals surface area contributed by atoms with Gasteiger partial charge in [0.2, 0.25) is 0 Å². The van der Waals surface area contributed by atoms with E-state index in [9.17, 15) is 31.7 Å². The highest BCUT2D eigenvalue weighted by Gasteiger charge is 2.47.